The monoisotopic (exact) mass is 1230 g/mol. The van der Waals surface area contributed by atoms with Crippen molar-refractivity contribution in [1.29, 1.82) is 0 Å². The molecule has 0 unspecified atom stereocenters. The van der Waals surface area contributed by atoms with Crippen LogP contribution in [0.2, 0.25) is 0 Å². The van der Waals surface area contributed by atoms with E-state index in [-0.39, 0.29) is 135 Å². The van der Waals surface area contributed by atoms with Crippen LogP contribution in [0.3, 0.4) is 0 Å². The van der Waals surface area contributed by atoms with Crippen molar-refractivity contribution in [3.05, 3.63) is 0 Å². The molecule has 0 heterocycles. The molecule has 0 aliphatic carbocycles. The van der Waals surface area contributed by atoms with Crippen LogP contribution in [0.4, 0.5) is 0 Å². The van der Waals surface area contributed by atoms with Crippen molar-refractivity contribution in [2.45, 2.75) is 213 Å². The zero-order valence-electron chi connectivity index (χ0n) is 54.4. The van der Waals surface area contributed by atoms with Gasteiger partial charge in [0.1, 0.15) is 48.6 Å². The molecule has 0 saturated heterocycles. The topological polar surface area (TPSA) is 317 Å². The molecule has 5 amide bonds. The minimum atomic E-state index is -1.17. The van der Waals surface area contributed by atoms with Crippen LogP contribution in [0.15, 0.2) is 0 Å². The van der Waals surface area contributed by atoms with Gasteiger partial charge in [0, 0.05) is 38.8 Å². The van der Waals surface area contributed by atoms with Gasteiger partial charge in [0.15, 0.2) is 0 Å². The third-order valence-corrected chi connectivity index (χ3v) is 12.4. The van der Waals surface area contributed by atoms with Crippen LogP contribution in [0, 0.1) is 0 Å². The minimum Gasteiger partial charge on any atom is -0.481 e. The van der Waals surface area contributed by atoms with Crippen LogP contribution in [0.25, 0.3) is 0 Å². The number of carbonyl (C=O) groups excluding carboxylic acids is 8. The molecule has 0 aliphatic heterocycles. The quantitative estimate of drug-likeness (QED) is 0.0202. The average Bonchev–Trinajstić information content (AvgIpc) is 3.58. The van der Waals surface area contributed by atoms with Gasteiger partial charge in [-0.15, -0.1) is 0 Å². The highest BCUT2D eigenvalue weighted by atomic mass is 16.6. The lowest BCUT2D eigenvalue weighted by molar-refractivity contribution is -0.889. The fraction of sp³-hybridized carbons (Fsp3) is 0.852. The number of carboxylic acid groups (broad SMARTS) is 1. The number of nitrogens with one attached hydrogen (secondary N) is 5. The summed E-state index contributed by atoms with van der Waals surface area (Å²) < 4.78 is 49.5. The lowest BCUT2D eigenvalue weighted by Gasteiger charge is -2.29. The fourth-order valence-electron chi connectivity index (χ4n) is 7.93. The SMILES string of the molecule is CC(C)(C)OC(=O)CCCCCCCCCCCCCCC(=O)N[C@@H](CCC(=O)N[C@@H](CCC(=O)NCCOCCOCC(=O)NCCOCCOCC(=O)NCC[N+](C)(C)CCOCCOCCC(=O)O)C(=O)OC(C)(C)C)C(=O)OC(C)(C)C. The summed E-state index contributed by atoms with van der Waals surface area (Å²) in [6.45, 7) is 20.2. The van der Waals surface area contributed by atoms with Gasteiger partial charge in [0.2, 0.25) is 29.5 Å². The molecule has 2 atom stereocenters. The molecule has 0 bridgehead atoms. The van der Waals surface area contributed by atoms with Crippen molar-refractivity contribution in [3.8, 4) is 0 Å². The molecular formula is C61H113N6O19+. The van der Waals surface area contributed by atoms with Crippen LogP contribution in [-0.2, 0) is 85.8 Å². The maximum Gasteiger partial charge on any atom is 0.329 e. The Kier molecular flexibility index (Phi) is 45.1. The number of amides is 5. The standard InChI is InChI=1S/C61H112N6O19/c1-59(2,3)84-56(75)25-23-21-19-17-15-13-12-14-16-18-20-22-24-51(69)65-49(58(77)86-61(7,8)9)27-29-52(70)66-48(57(76)85-60(4,5)6)26-28-50(68)63-32-37-79-42-45-83-47-54(72)64-33-38-80-43-44-82-46-53(71)62-31-34-67(10,11)35-39-81-41-40-78-36-30-55(73)74/h48-49H,12-47H2,1-11H3,(H5-,62,63,64,65,66,68,69,70,71,72,73,74)/p+1/t48-,49-/m0/s1. The molecule has 25 nitrogen and oxygen atoms in total. The second kappa shape index (κ2) is 47.9. The number of carbonyl (C=O) groups is 9. The number of likely N-dealkylation sites (N-methyl/N-ethyl adjacent to an activating group) is 1. The highest BCUT2D eigenvalue weighted by Crippen LogP contribution is 2.17. The van der Waals surface area contributed by atoms with Gasteiger partial charge in [0.25, 0.3) is 0 Å². The van der Waals surface area contributed by atoms with E-state index in [9.17, 15) is 43.2 Å². The molecule has 500 valence electrons. The van der Waals surface area contributed by atoms with Crippen molar-refractivity contribution in [3.63, 3.8) is 0 Å². The Bertz CT molecular complexity index is 1920. The summed E-state index contributed by atoms with van der Waals surface area (Å²) in [5.74, 6) is -4.33. The van der Waals surface area contributed by atoms with Crippen molar-refractivity contribution < 1.29 is 95.4 Å². The lowest BCUT2D eigenvalue weighted by Crippen LogP contribution is -2.47. The highest BCUT2D eigenvalue weighted by molar-refractivity contribution is 5.87. The Balaban J connectivity index is 4.43. The molecule has 0 saturated carbocycles. The molecule has 0 rings (SSSR count). The lowest BCUT2D eigenvalue weighted by atomic mass is 10.0. The Morgan fingerprint density at radius 2 is 0.733 bits per heavy atom. The van der Waals surface area contributed by atoms with E-state index >= 15 is 0 Å². The van der Waals surface area contributed by atoms with Crippen LogP contribution < -0.4 is 26.6 Å². The molecule has 0 spiro atoms. The van der Waals surface area contributed by atoms with Gasteiger partial charge in [0.05, 0.1) is 99.7 Å². The van der Waals surface area contributed by atoms with Gasteiger partial charge in [-0.3, -0.25) is 33.6 Å². The normalized spacial score (nSPS) is 12.6. The molecular weight excluding hydrogens is 1120 g/mol. The Labute approximate surface area is 513 Å². The zero-order chi connectivity index (χ0) is 64.7. The average molecular weight is 1230 g/mol. The summed E-state index contributed by atoms with van der Waals surface area (Å²) in [7, 11) is 4.05. The second-order valence-corrected chi connectivity index (χ2v) is 24.8. The molecule has 86 heavy (non-hydrogen) atoms. The summed E-state index contributed by atoms with van der Waals surface area (Å²) >= 11 is 0. The maximum absolute atomic E-state index is 13.3. The van der Waals surface area contributed by atoms with E-state index in [4.69, 9.17) is 47.7 Å². The first kappa shape index (κ1) is 81.0. The number of ether oxygens (including phenoxy) is 9. The van der Waals surface area contributed by atoms with Crippen molar-refractivity contribution in [2.75, 3.05) is 126 Å². The van der Waals surface area contributed by atoms with Crippen LogP contribution in [-0.4, -0.2) is 218 Å². The third-order valence-electron chi connectivity index (χ3n) is 12.4. The minimum absolute atomic E-state index is 0.0408. The van der Waals surface area contributed by atoms with Gasteiger partial charge in [-0.2, -0.15) is 0 Å². The summed E-state index contributed by atoms with van der Waals surface area (Å²) in [6.07, 6.45) is 12.5. The predicted molar refractivity (Wildman–Crippen MR) is 323 cm³/mol. The first-order chi connectivity index (χ1) is 40.5. The first-order valence-electron chi connectivity index (χ1n) is 31.0. The van der Waals surface area contributed by atoms with E-state index < -0.39 is 58.6 Å². The number of hydrogen-bond acceptors (Lipinski definition) is 18. The molecule has 0 aromatic rings. The van der Waals surface area contributed by atoms with Crippen LogP contribution in [0.5, 0.6) is 0 Å². The van der Waals surface area contributed by atoms with Gasteiger partial charge in [-0.1, -0.05) is 64.2 Å². The number of carboxylic acids is 1. The Hall–Kier alpha value is -5.05. The molecule has 6 N–H and O–H groups in total. The predicted octanol–water partition coefficient (Wildman–Crippen LogP) is 5.00. The molecule has 0 aromatic heterocycles. The molecule has 0 radical (unpaired) electrons. The number of hydrogen-bond donors (Lipinski definition) is 6. The number of quaternary nitrogens is 1. The Morgan fingerprint density at radius 1 is 0.372 bits per heavy atom. The number of rotatable bonds is 53. The highest BCUT2D eigenvalue weighted by Gasteiger charge is 2.30. The third kappa shape index (κ3) is 54.3. The summed E-state index contributed by atoms with van der Waals surface area (Å²) in [4.78, 5) is 112. The zero-order valence-corrected chi connectivity index (χ0v) is 54.4. The van der Waals surface area contributed by atoms with Crippen molar-refractivity contribution in [2.24, 2.45) is 0 Å². The van der Waals surface area contributed by atoms with Gasteiger partial charge < -0.3 is 78.8 Å². The number of aliphatic carboxylic acids is 1. The van der Waals surface area contributed by atoms with Crippen molar-refractivity contribution in [1.82, 2.24) is 26.6 Å². The van der Waals surface area contributed by atoms with E-state index in [1.54, 1.807) is 41.5 Å². The molecule has 25 heteroatoms. The van der Waals surface area contributed by atoms with Gasteiger partial charge in [-0.05, 0) is 88.0 Å². The fourth-order valence-corrected chi connectivity index (χ4v) is 7.93. The molecule has 0 aromatic carbocycles. The Morgan fingerprint density at radius 3 is 1.17 bits per heavy atom. The van der Waals surface area contributed by atoms with Crippen LogP contribution in [0.1, 0.15) is 184 Å². The van der Waals surface area contributed by atoms with Crippen LogP contribution >= 0.6 is 0 Å². The first-order valence-corrected chi connectivity index (χ1v) is 31.0. The van der Waals surface area contributed by atoms with Gasteiger partial charge in [-0.25, -0.2) is 9.59 Å². The van der Waals surface area contributed by atoms with E-state index in [1.165, 1.54) is 12.8 Å². The number of unbranched alkanes of at least 4 members (excludes halogenated alkanes) is 11. The number of nitrogens with zero attached hydrogens (tertiary/aromatic N) is 1. The summed E-state index contributed by atoms with van der Waals surface area (Å²) in [5.41, 5.74) is -2.16. The molecule has 0 aliphatic rings. The van der Waals surface area contributed by atoms with E-state index in [1.807, 2.05) is 34.9 Å². The second-order valence-electron chi connectivity index (χ2n) is 24.8. The summed E-state index contributed by atoms with van der Waals surface area (Å²) in [6, 6.07) is -2.27. The van der Waals surface area contributed by atoms with Crippen molar-refractivity contribution >= 4 is 53.4 Å². The molecule has 0 fully saturated rings. The van der Waals surface area contributed by atoms with Gasteiger partial charge >= 0.3 is 23.9 Å². The number of esters is 3. The summed E-state index contributed by atoms with van der Waals surface area (Å²) in [5, 5.41) is 22.2. The van der Waals surface area contributed by atoms with E-state index in [0.717, 1.165) is 64.3 Å². The largest absolute Gasteiger partial charge is 0.481 e. The smallest absolute Gasteiger partial charge is 0.329 e. The maximum atomic E-state index is 13.3. The van der Waals surface area contributed by atoms with E-state index in [2.05, 4.69) is 26.6 Å². The van der Waals surface area contributed by atoms with E-state index in [0.29, 0.717) is 50.2 Å².